The first-order valence-electron chi connectivity index (χ1n) is 2.27. The van der Waals surface area contributed by atoms with E-state index in [1.54, 1.807) is 6.20 Å². The Kier molecular flexibility index (Phi) is 2.66. The van der Waals surface area contributed by atoms with E-state index in [0.29, 0.717) is 5.75 Å². The molecule has 0 spiro atoms. The van der Waals surface area contributed by atoms with E-state index in [1.165, 1.54) is 23.3 Å². The van der Waals surface area contributed by atoms with Crippen LogP contribution in [0.25, 0.3) is 0 Å². The van der Waals surface area contributed by atoms with Gasteiger partial charge in [-0.25, -0.2) is 0 Å². The number of rotatable bonds is 3. The Morgan fingerprint density at radius 2 is 2.78 bits per heavy atom. The maximum Gasteiger partial charge on any atom is 0.130 e. The van der Waals surface area contributed by atoms with Gasteiger partial charge < -0.3 is 4.79 Å². The van der Waals surface area contributed by atoms with E-state index in [2.05, 4.69) is 9.59 Å². The molecule has 0 unspecified atom stereocenters. The third-order valence-corrected chi connectivity index (χ3v) is 2.37. The van der Waals surface area contributed by atoms with Crippen LogP contribution in [0.15, 0.2) is 10.4 Å². The lowest BCUT2D eigenvalue weighted by Crippen LogP contribution is -1.73. The Balaban J connectivity index is 2.38. The molecule has 3 nitrogen and oxygen atoms in total. The van der Waals surface area contributed by atoms with Crippen LogP contribution in [0, 0.1) is 0 Å². The van der Waals surface area contributed by atoms with E-state index in [-0.39, 0.29) is 0 Å². The molecule has 1 aromatic rings. The summed E-state index contributed by atoms with van der Waals surface area (Å²) >= 11 is 2.76. The van der Waals surface area contributed by atoms with Gasteiger partial charge in [-0.1, -0.05) is 4.49 Å². The summed E-state index contributed by atoms with van der Waals surface area (Å²) in [6.45, 7) is 0. The van der Waals surface area contributed by atoms with Crippen LogP contribution in [-0.4, -0.2) is 21.6 Å². The summed E-state index contributed by atoms with van der Waals surface area (Å²) in [5, 5.41) is 3.61. The van der Waals surface area contributed by atoms with Crippen molar-refractivity contribution in [3.05, 3.63) is 6.20 Å². The molecule has 0 saturated heterocycles. The standard InChI is InChI=1S/C4H4N2OS2/c7-1-2-8-4-3-5-6-9-4/h1,3H,2H2. The average Bonchev–Trinajstić information content (AvgIpc) is 2.34. The Morgan fingerprint density at radius 3 is 3.33 bits per heavy atom. The van der Waals surface area contributed by atoms with Crippen molar-refractivity contribution in [3.8, 4) is 0 Å². The molecular formula is C4H4N2OS2. The number of hydrogen-bond donors (Lipinski definition) is 0. The third-order valence-electron chi connectivity index (χ3n) is 0.635. The lowest BCUT2D eigenvalue weighted by Gasteiger charge is -1.82. The Hall–Kier alpha value is -0.420. The lowest BCUT2D eigenvalue weighted by molar-refractivity contribution is -0.105. The first-order chi connectivity index (χ1) is 4.43. The van der Waals surface area contributed by atoms with E-state index in [4.69, 9.17) is 0 Å². The number of aldehydes is 1. The molecule has 0 N–H and O–H groups in total. The van der Waals surface area contributed by atoms with Crippen molar-refractivity contribution in [2.24, 2.45) is 0 Å². The van der Waals surface area contributed by atoms with Gasteiger partial charge in [-0.05, 0) is 11.5 Å². The van der Waals surface area contributed by atoms with Gasteiger partial charge in [-0.3, -0.25) is 0 Å². The highest BCUT2D eigenvalue weighted by atomic mass is 32.2. The van der Waals surface area contributed by atoms with Crippen molar-refractivity contribution in [1.82, 2.24) is 9.59 Å². The van der Waals surface area contributed by atoms with Crippen LogP contribution in [0.4, 0.5) is 0 Å². The molecule has 0 atom stereocenters. The molecule has 5 heteroatoms. The van der Waals surface area contributed by atoms with Crippen LogP contribution in [0.5, 0.6) is 0 Å². The van der Waals surface area contributed by atoms with Crippen molar-refractivity contribution in [2.75, 3.05) is 5.75 Å². The van der Waals surface area contributed by atoms with Crippen molar-refractivity contribution < 1.29 is 4.79 Å². The molecule has 9 heavy (non-hydrogen) atoms. The molecule has 1 aromatic heterocycles. The summed E-state index contributed by atoms with van der Waals surface area (Å²) in [7, 11) is 0. The molecule has 1 rings (SSSR count). The summed E-state index contributed by atoms with van der Waals surface area (Å²) in [5.74, 6) is 0.490. The summed E-state index contributed by atoms with van der Waals surface area (Å²) < 4.78 is 4.62. The molecule has 0 saturated carbocycles. The van der Waals surface area contributed by atoms with E-state index in [9.17, 15) is 4.79 Å². The molecule has 0 radical (unpaired) electrons. The van der Waals surface area contributed by atoms with Crippen LogP contribution in [0.3, 0.4) is 0 Å². The second-order valence-electron chi connectivity index (χ2n) is 1.21. The molecule has 0 fully saturated rings. The van der Waals surface area contributed by atoms with Crippen molar-refractivity contribution in [3.63, 3.8) is 0 Å². The zero-order valence-corrected chi connectivity index (χ0v) is 6.11. The SMILES string of the molecule is O=CCSc1cnns1. The molecule has 0 aliphatic rings. The molecule has 0 aromatic carbocycles. The lowest BCUT2D eigenvalue weighted by atomic mass is 10.9. The largest absolute Gasteiger partial charge is 0.302 e. The minimum absolute atomic E-state index is 0.490. The zero-order chi connectivity index (χ0) is 6.53. The summed E-state index contributed by atoms with van der Waals surface area (Å²) in [6, 6.07) is 0. The fraction of sp³-hybridized carbons (Fsp3) is 0.250. The van der Waals surface area contributed by atoms with Crippen LogP contribution in [0.1, 0.15) is 0 Å². The molecule has 0 amide bonds. The molecule has 48 valence electrons. The molecular weight excluding hydrogens is 156 g/mol. The van der Waals surface area contributed by atoms with Gasteiger partial charge in [0.05, 0.1) is 11.9 Å². The monoisotopic (exact) mass is 160 g/mol. The van der Waals surface area contributed by atoms with Gasteiger partial charge in [0.15, 0.2) is 0 Å². The van der Waals surface area contributed by atoms with Crippen LogP contribution >= 0.6 is 23.3 Å². The highest BCUT2D eigenvalue weighted by molar-refractivity contribution is 8.01. The minimum Gasteiger partial charge on any atom is -0.302 e. The van der Waals surface area contributed by atoms with Gasteiger partial charge >= 0.3 is 0 Å². The maximum absolute atomic E-state index is 9.84. The number of thioether (sulfide) groups is 1. The highest BCUT2D eigenvalue weighted by Gasteiger charge is 1.93. The van der Waals surface area contributed by atoms with E-state index in [0.717, 1.165) is 10.5 Å². The molecule has 0 aliphatic heterocycles. The van der Waals surface area contributed by atoms with Gasteiger partial charge in [-0.15, -0.1) is 16.9 Å². The van der Waals surface area contributed by atoms with E-state index >= 15 is 0 Å². The number of aromatic nitrogens is 2. The predicted octanol–water partition coefficient (Wildman–Crippen LogP) is 0.829. The fourth-order valence-electron chi connectivity index (χ4n) is 0.338. The van der Waals surface area contributed by atoms with Crippen LogP contribution in [0.2, 0.25) is 0 Å². The molecule has 1 heterocycles. The van der Waals surface area contributed by atoms with E-state index in [1.807, 2.05) is 0 Å². The van der Waals surface area contributed by atoms with Gasteiger partial charge in [0.2, 0.25) is 0 Å². The number of carbonyl (C=O) groups is 1. The normalized spacial score (nSPS) is 9.33. The molecule has 0 aliphatic carbocycles. The minimum atomic E-state index is 0.490. The number of hydrogen-bond acceptors (Lipinski definition) is 5. The van der Waals surface area contributed by atoms with Gasteiger partial charge in [0.25, 0.3) is 0 Å². The summed E-state index contributed by atoms with van der Waals surface area (Å²) in [5.41, 5.74) is 0. The predicted molar refractivity (Wildman–Crippen MR) is 36.7 cm³/mol. The van der Waals surface area contributed by atoms with Gasteiger partial charge in [-0.2, -0.15) is 0 Å². The van der Waals surface area contributed by atoms with Crippen LogP contribution < -0.4 is 0 Å². The fourth-order valence-corrected chi connectivity index (χ4v) is 1.48. The Morgan fingerprint density at radius 1 is 1.89 bits per heavy atom. The first-order valence-corrected chi connectivity index (χ1v) is 4.03. The smallest absolute Gasteiger partial charge is 0.130 e. The quantitative estimate of drug-likeness (QED) is 0.485. The second-order valence-corrected chi connectivity index (χ2v) is 3.32. The average molecular weight is 160 g/mol. The highest BCUT2D eigenvalue weighted by Crippen LogP contribution is 2.18. The first kappa shape index (κ1) is 6.70. The third kappa shape index (κ3) is 2.11. The number of nitrogens with zero attached hydrogens (tertiary/aromatic N) is 2. The molecule has 0 bridgehead atoms. The topological polar surface area (TPSA) is 42.9 Å². The van der Waals surface area contributed by atoms with Gasteiger partial charge in [0.1, 0.15) is 10.5 Å². The van der Waals surface area contributed by atoms with E-state index < -0.39 is 0 Å². The summed E-state index contributed by atoms with van der Waals surface area (Å²) in [6.07, 6.45) is 2.52. The second kappa shape index (κ2) is 3.58. The van der Waals surface area contributed by atoms with Crippen molar-refractivity contribution >= 4 is 29.6 Å². The maximum atomic E-state index is 9.84. The Labute approximate surface area is 60.6 Å². The van der Waals surface area contributed by atoms with Crippen LogP contribution in [-0.2, 0) is 4.79 Å². The van der Waals surface area contributed by atoms with Crippen molar-refractivity contribution in [2.45, 2.75) is 4.21 Å². The van der Waals surface area contributed by atoms with Gasteiger partial charge in [0, 0.05) is 0 Å². The number of carbonyl (C=O) groups excluding carboxylic acids is 1. The Bertz CT molecular complexity index is 175. The summed E-state index contributed by atoms with van der Waals surface area (Å²) in [4.78, 5) is 9.84. The zero-order valence-electron chi connectivity index (χ0n) is 4.48. The van der Waals surface area contributed by atoms with Crippen molar-refractivity contribution in [1.29, 1.82) is 0 Å².